The molecule has 0 saturated heterocycles. The first-order chi connectivity index (χ1) is 53.5. The molecular formula is C81H65Cl8N7O15. The van der Waals surface area contributed by atoms with Gasteiger partial charge in [-0.3, -0.25) is 38.4 Å². The maximum atomic E-state index is 13.2. The molecule has 0 bridgehead atoms. The molecule has 0 unspecified atom stereocenters. The van der Waals surface area contributed by atoms with Gasteiger partial charge in [0.1, 0.15) is 19.8 Å². The Morgan fingerprint density at radius 1 is 0.396 bits per heavy atom. The van der Waals surface area contributed by atoms with Crippen molar-refractivity contribution in [1.29, 1.82) is 0 Å². The number of methoxy groups -OCH3 is 2. The summed E-state index contributed by atoms with van der Waals surface area (Å²) in [5, 5.41) is 18.6. The molecule has 6 aromatic heterocycles. The summed E-state index contributed by atoms with van der Waals surface area (Å²) in [6.07, 6.45) is 11.6. The molecule has 13 aromatic rings. The highest BCUT2D eigenvalue weighted by Gasteiger charge is 2.24. The van der Waals surface area contributed by atoms with E-state index in [1.807, 2.05) is 91.0 Å². The fraction of sp³-hybridized carbons (Fsp3) is 0.136. The first-order valence-corrected chi connectivity index (χ1v) is 36.4. The number of nitrogens with one attached hydrogen (secondary N) is 2. The number of aromatic hydroxyl groups is 1. The molecule has 30 heteroatoms. The number of carbonyl (C=O) groups is 2. The first kappa shape index (κ1) is 82.6. The van der Waals surface area contributed by atoms with E-state index in [0.29, 0.717) is 40.2 Å². The smallest absolute Gasteiger partial charge is 0.291 e. The molecular weight excluding hydrogens is 1590 g/mol. The lowest BCUT2D eigenvalue weighted by atomic mass is 10.2. The van der Waals surface area contributed by atoms with Crippen LogP contribution in [-0.2, 0) is 62.0 Å². The Balaban J connectivity index is 0.000000159. The number of pyridine rings is 3. The number of carbonyl (C=O) groups excluding carboxylic acids is 2. The predicted molar refractivity (Wildman–Crippen MR) is 430 cm³/mol. The number of ether oxygens (including phenoxy) is 5. The third-order valence-corrected chi connectivity index (χ3v) is 19.4. The van der Waals surface area contributed by atoms with Crippen molar-refractivity contribution in [3.05, 3.63) is 390 Å². The fourth-order valence-corrected chi connectivity index (χ4v) is 12.0. The Kier molecular flexibility index (Phi) is 29.5. The lowest BCUT2D eigenvalue weighted by Crippen LogP contribution is -2.32. The molecule has 6 heterocycles. The van der Waals surface area contributed by atoms with E-state index >= 15 is 0 Å². The van der Waals surface area contributed by atoms with Crippen molar-refractivity contribution < 1.29 is 42.8 Å². The SMILES string of the molecule is COC(Cn1ccc(=O)c(OCc2ccccc2)c1C(=O)NCc1ccc(Cl)c(Cl)c1)OC.O=C(NCc1ccc(Cl)c(Cl)c1)c1occc(=O)c1OCc1ccccc1.O=c1ccn2ccn(Cc3ccc(Cl)c(Cl)c3)c(=O)c2c1O.O=c1ccn2ccn(Cc3ccc(Cl)c(Cl)c3)c(=O)c2c1OCc1ccccc1. The van der Waals surface area contributed by atoms with E-state index in [1.165, 1.54) is 64.4 Å². The van der Waals surface area contributed by atoms with Crippen LogP contribution in [0.2, 0.25) is 40.2 Å². The average molecular weight is 1660 g/mol. The summed E-state index contributed by atoms with van der Waals surface area (Å²) < 4.78 is 40.4. The van der Waals surface area contributed by atoms with Gasteiger partial charge in [0.2, 0.25) is 33.2 Å². The number of rotatable bonds is 23. The molecule has 0 atom stereocenters. The van der Waals surface area contributed by atoms with E-state index in [-0.39, 0.29) is 103 Å². The summed E-state index contributed by atoms with van der Waals surface area (Å²) in [5.74, 6) is -1.96. The third kappa shape index (κ3) is 22.2. The van der Waals surface area contributed by atoms with Crippen LogP contribution in [0.5, 0.6) is 23.0 Å². The zero-order chi connectivity index (χ0) is 79.3. The monoisotopic (exact) mass is 1660 g/mol. The zero-order valence-electron chi connectivity index (χ0n) is 58.7. The Bertz CT molecular complexity index is 5860. The normalized spacial score (nSPS) is 10.8. The fourth-order valence-electron chi connectivity index (χ4n) is 10.7. The summed E-state index contributed by atoms with van der Waals surface area (Å²) in [5.41, 5.74) is 3.34. The Morgan fingerprint density at radius 3 is 1.25 bits per heavy atom. The Morgan fingerprint density at radius 2 is 0.784 bits per heavy atom. The van der Waals surface area contributed by atoms with Crippen molar-refractivity contribution in [2.45, 2.75) is 58.8 Å². The van der Waals surface area contributed by atoms with Crippen LogP contribution in [-0.4, -0.2) is 59.9 Å². The van der Waals surface area contributed by atoms with Gasteiger partial charge in [0.25, 0.3) is 22.9 Å². The van der Waals surface area contributed by atoms with Gasteiger partial charge in [-0.1, -0.05) is 208 Å². The van der Waals surface area contributed by atoms with Crippen LogP contribution in [0, 0.1) is 0 Å². The van der Waals surface area contributed by atoms with Gasteiger partial charge in [0, 0.05) is 95.0 Å². The van der Waals surface area contributed by atoms with E-state index in [9.17, 15) is 43.5 Å². The van der Waals surface area contributed by atoms with Crippen LogP contribution in [0.1, 0.15) is 60.0 Å². The summed E-state index contributed by atoms with van der Waals surface area (Å²) in [4.78, 5) is 100. The Hall–Kier alpha value is -10.9. The number of aromatic nitrogens is 5. The van der Waals surface area contributed by atoms with E-state index in [1.54, 1.807) is 113 Å². The van der Waals surface area contributed by atoms with Gasteiger partial charge in [-0.15, -0.1) is 0 Å². The molecule has 0 spiro atoms. The predicted octanol–water partition coefficient (Wildman–Crippen LogP) is 15.7. The van der Waals surface area contributed by atoms with Crippen LogP contribution < -0.4 is 57.7 Å². The van der Waals surface area contributed by atoms with Gasteiger partial charge in [-0.05, 0) is 87.5 Å². The second kappa shape index (κ2) is 39.7. The minimum Gasteiger partial charge on any atom is -0.503 e. The molecule has 570 valence electrons. The molecule has 0 aliphatic carbocycles. The number of hydrogen-bond acceptors (Lipinski definition) is 15. The summed E-state index contributed by atoms with van der Waals surface area (Å²) in [6.45, 7) is 1.53. The number of fused-ring (bicyclic) bond motifs is 2. The van der Waals surface area contributed by atoms with Gasteiger partial charge in [0.05, 0.1) is 66.1 Å². The van der Waals surface area contributed by atoms with E-state index in [4.69, 9.17) is 121 Å². The second-order valence-corrected chi connectivity index (χ2v) is 27.3. The van der Waals surface area contributed by atoms with Gasteiger partial charge in [-0.25, -0.2) is 0 Å². The van der Waals surface area contributed by atoms with Crippen LogP contribution in [0.3, 0.4) is 0 Å². The molecule has 13 rings (SSSR count). The molecule has 7 aromatic carbocycles. The van der Waals surface area contributed by atoms with Crippen LogP contribution in [0.4, 0.5) is 0 Å². The van der Waals surface area contributed by atoms with Crippen molar-refractivity contribution in [2.24, 2.45) is 0 Å². The quantitative estimate of drug-likeness (QED) is 0.0503. The first-order valence-electron chi connectivity index (χ1n) is 33.4. The molecule has 0 aliphatic heterocycles. The maximum Gasteiger partial charge on any atom is 0.291 e. The molecule has 0 radical (unpaired) electrons. The van der Waals surface area contributed by atoms with Gasteiger partial charge < -0.3 is 66.3 Å². The van der Waals surface area contributed by atoms with Crippen molar-refractivity contribution in [3.8, 4) is 23.0 Å². The highest BCUT2D eigenvalue weighted by molar-refractivity contribution is 6.43. The molecule has 0 aliphatic rings. The van der Waals surface area contributed by atoms with E-state index in [2.05, 4.69) is 10.6 Å². The lowest BCUT2D eigenvalue weighted by Gasteiger charge is -2.20. The van der Waals surface area contributed by atoms with E-state index in [0.717, 1.165) is 45.2 Å². The van der Waals surface area contributed by atoms with Crippen molar-refractivity contribution in [3.63, 3.8) is 0 Å². The highest BCUT2D eigenvalue weighted by atomic mass is 35.5. The summed E-state index contributed by atoms with van der Waals surface area (Å²) in [6, 6.07) is 53.6. The van der Waals surface area contributed by atoms with E-state index < -0.39 is 45.7 Å². The topological polar surface area (TPSA) is 264 Å². The molecule has 0 fully saturated rings. The number of amides is 2. The van der Waals surface area contributed by atoms with Gasteiger partial charge >= 0.3 is 0 Å². The Labute approximate surface area is 672 Å². The summed E-state index contributed by atoms with van der Waals surface area (Å²) >= 11 is 47.7. The number of benzene rings is 7. The molecule has 111 heavy (non-hydrogen) atoms. The lowest BCUT2D eigenvalue weighted by molar-refractivity contribution is -0.111. The minimum absolute atomic E-state index is 0.0323. The molecule has 3 N–H and O–H groups in total. The molecule has 0 saturated carbocycles. The number of halogens is 8. The molecule has 22 nitrogen and oxygen atoms in total. The van der Waals surface area contributed by atoms with Crippen LogP contribution in [0.15, 0.2) is 271 Å². The molecule has 2 amide bonds. The van der Waals surface area contributed by atoms with Crippen molar-refractivity contribution in [2.75, 3.05) is 14.2 Å². The number of hydrogen-bond donors (Lipinski definition) is 3. The van der Waals surface area contributed by atoms with Crippen molar-refractivity contribution >= 4 is 116 Å². The van der Waals surface area contributed by atoms with Crippen molar-refractivity contribution in [1.82, 2.24) is 33.1 Å². The van der Waals surface area contributed by atoms with Gasteiger partial charge in [-0.2, -0.15) is 0 Å². The zero-order valence-corrected chi connectivity index (χ0v) is 64.7. The standard InChI is InChI=1S/C24H24Cl2N2O5.C22H16Cl2N2O3.C20H15Cl2NO4.C15H10Cl2N2O3/c1-31-21(32-2)14-28-11-10-20(29)23(33-15-16-6-4-3-5-7-16)22(28)24(30)27-13-17-8-9-18(25)19(26)12-17;23-17-7-6-16(12-18(17)24)13-26-11-10-25-9-8-19(27)21(20(25)22(26)28)29-14-15-4-2-1-3-5-15;21-15-7-6-14(10-16(15)22)11-23-20(25)19-18(17(24)8-9-26-19)27-12-13-4-2-1-3-5-13;16-10-2-1-9(7-11(10)17)8-19-6-5-18-4-3-12(20)14(21)13(18)15(19)22/h3-12,21H,13-15H2,1-2H3,(H,27,30);1-12H,13-14H2;1-10H,11-12H2,(H,23,25);1-7,21H,8H2. The van der Waals surface area contributed by atoms with Crippen LogP contribution in [0.25, 0.3) is 11.0 Å². The highest BCUT2D eigenvalue weighted by Crippen LogP contribution is 2.28. The number of nitrogens with zero attached hydrogens (tertiary/aromatic N) is 5. The largest absolute Gasteiger partial charge is 0.503 e. The van der Waals surface area contributed by atoms with Crippen LogP contribution >= 0.6 is 92.8 Å². The third-order valence-electron chi connectivity index (χ3n) is 16.4. The van der Waals surface area contributed by atoms with Gasteiger partial charge in [0.15, 0.2) is 40.3 Å². The average Bonchev–Trinajstić information content (AvgIpc) is 0.788. The second-order valence-electron chi connectivity index (χ2n) is 24.0. The maximum absolute atomic E-state index is 13.2. The minimum atomic E-state index is -0.629. The summed E-state index contributed by atoms with van der Waals surface area (Å²) in [7, 11) is 2.99.